The summed E-state index contributed by atoms with van der Waals surface area (Å²) in [6.45, 7) is 1.68. The van der Waals surface area contributed by atoms with E-state index >= 15 is 0 Å². The fraction of sp³-hybridized carbons (Fsp3) is 0.333. The molecule has 7 heteroatoms. The molecule has 0 unspecified atom stereocenters. The van der Waals surface area contributed by atoms with Crippen molar-refractivity contribution in [3.63, 3.8) is 0 Å². The molecule has 1 fully saturated rings. The van der Waals surface area contributed by atoms with Gasteiger partial charge in [0.1, 0.15) is 11.6 Å². The third kappa shape index (κ3) is 4.08. The summed E-state index contributed by atoms with van der Waals surface area (Å²) in [4.78, 5) is 30.4. The molecule has 2 amide bonds. The van der Waals surface area contributed by atoms with E-state index in [0.29, 0.717) is 48.7 Å². The zero-order valence-corrected chi connectivity index (χ0v) is 16.3. The summed E-state index contributed by atoms with van der Waals surface area (Å²) in [5, 5.41) is 0. The number of methoxy groups -OCH3 is 1. The predicted molar refractivity (Wildman–Crippen MR) is 106 cm³/mol. The number of nitrogens with zero attached hydrogens (tertiary/aromatic N) is 3. The van der Waals surface area contributed by atoms with Crippen LogP contribution in [0.5, 0.6) is 5.75 Å². The second kappa shape index (κ2) is 8.29. The average Bonchev–Trinajstić information content (AvgIpc) is 2.72. The lowest BCUT2D eigenvalue weighted by Gasteiger charge is -2.35. The minimum atomic E-state index is -0.428. The number of piperazine rings is 1. The van der Waals surface area contributed by atoms with Crippen LogP contribution in [0.1, 0.15) is 20.7 Å². The smallest absolute Gasteiger partial charge is 0.254 e. The molecule has 2 aromatic rings. The number of rotatable bonds is 4. The Bertz CT molecular complexity index is 877. The molecule has 0 radical (unpaired) electrons. The van der Waals surface area contributed by atoms with E-state index in [-0.39, 0.29) is 11.8 Å². The van der Waals surface area contributed by atoms with Gasteiger partial charge in [-0.05, 0) is 36.4 Å². The van der Waals surface area contributed by atoms with Crippen LogP contribution in [0.25, 0.3) is 0 Å². The van der Waals surface area contributed by atoms with Crippen LogP contribution in [-0.4, -0.2) is 69.0 Å². The average molecular weight is 385 g/mol. The molecule has 6 nitrogen and oxygen atoms in total. The maximum absolute atomic E-state index is 14.2. The molecule has 0 aromatic heterocycles. The van der Waals surface area contributed by atoms with Crippen molar-refractivity contribution < 1.29 is 18.7 Å². The molecule has 148 valence electrons. The quantitative estimate of drug-likeness (QED) is 0.812. The maximum Gasteiger partial charge on any atom is 0.254 e. The van der Waals surface area contributed by atoms with E-state index in [2.05, 4.69) is 0 Å². The van der Waals surface area contributed by atoms with Crippen molar-refractivity contribution in [3.8, 4) is 5.75 Å². The minimum Gasteiger partial charge on any atom is -0.497 e. The van der Waals surface area contributed by atoms with Gasteiger partial charge in [0, 0.05) is 51.4 Å². The van der Waals surface area contributed by atoms with Crippen molar-refractivity contribution in [2.45, 2.75) is 0 Å². The molecule has 2 aromatic carbocycles. The van der Waals surface area contributed by atoms with E-state index in [1.807, 2.05) is 0 Å². The first-order valence-corrected chi connectivity index (χ1v) is 9.10. The highest BCUT2D eigenvalue weighted by molar-refractivity contribution is 5.96. The van der Waals surface area contributed by atoms with Gasteiger partial charge in [-0.25, -0.2) is 4.39 Å². The first kappa shape index (κ1) is 19.7. The topological polar surface area (TPSA) is 53.1 Å². The van der Waals surface area contributed by atoms with Crippen LogP contribution in [0, 0.1) is 5.82 Å². The first-order chi connectivity index (χ1) is 13.4. The molecule has 0 aliphatic carbocycles. The number of carbonyl (C=O) groups excluding carboxylic acids is 2. The molecule has 0 spiro atoms. The zero-order valence-electron chi connectivity index (χ0n) is 16.3. The van der Waals surface area contributed by atoms with Crippen LogP contribution in [0.15, 0.2) is 42.5 Å². The highest BCUT2D eigenvalue weighted by Crippen LogP contribution is 2.20. The Labute approximate surface area is 164 Å². The lowest BCUT2D eigenvalue weighted by molar-refractivity contribution is 0.0535. The van der Waals surface area contributed by atoms with Gasteiger partial charge in [-0.2, -0.15) is 0 Å². The molecule has 1 saturated heterocycles. The van der Waals surface area contributed by atoms with Crippen molar-refractivity contribution in [2.24, 2.45) is 0 Å². The molecule has 1 aliphatic heterocycles. The Morgan fingerprint density at radius 2 is 1.50 bits per heavy atom. The van der Waals surface area contributed by atoms with Gasteiger partial charge in [-0.15, -0.1) is 0 Å². The van der Waals surface area contributed by atoms with Gasteiger partial charge in [-0.1, -0.05) is 6.07 Å². The van der Waals surface area contributed by atoms with Gasteiger partial charge in [0.05, 0.1) is 12.8 Å². The Hall–Kier alpha value is -3.09. The Kier molecular flexibility index (Phi) is 5.82. The number of hydrogen-bond acceptors (Lipinski definition) is 4. The highest BCUT2D eigenvalue weighted by Gasteiger charge is 2.26. The SMILES string of the molecule is COc1cccc(C(=O)N2CCN(C(=O)c3ccc(N(C)C)c(F)c3)CC2)c1. The van der Waals surface area contributed by atoms with Crippen LogP contribution >= 0.6 is 0 Å². The Morgan fingerprint density at radius 1 is 0.929 bits per heavy atom. The number of benzene rings is 2. The second-order valence-electron chi connectivity index (χ2n) is 6.88. The van der Waals surface area contributed by atoms with E-state index in [4.69, 9.17) is 4.74 Å². The standard InChI is InChI=1S/C21H24FN3O3/c1-23(2)19-8-7-16(14-18(19)22)21(27)25-11-9-24(10-12-25)20(26)15-5-4-6-17(13-15)28-3/h4-8,13-14H,9-12H2,1-3H3. The van der Waals surface area contributed by atoms with Crippen molar-refractivity contribution in [3.05, 3.63) is 59.4 Å². The largest absolute Gasteiger partial charge is 0.497 e. The molecule has 0 bridgehead atoms. The predicted octanol–water partition coefficient (Wildman–Crippen LogP) is 2.50. The van der Waals surface area contributed by atoms with Crippen molar-refractivity contribution in [2.75, 3.05) is 52.3 Å². The summed E-state index contributed by atoms with van der Waals surface area (Å²) >= 11 is 0. The van der Waals surface area contributed by atoms with Crippen LogP contribution in [0.2, 0.25) is 0 Å². The summed E-state index contributed by atoms with van der Waals surface area (Å²) in [6.07, 6.45) is 0. The third-order valence-electron chi connectivity index (χ3n) is 4.85. The van der Waals surface area contributed by atoms with Crippen LogP contribution in [-0.2, 0) is 0 Å². The van der Waals surface area contributed by atoms with Crippen LogP contribution in [0.3, 0.4) is 0 Å². The molecule has 3 rings (SSSR count). The van der Waals surface area contributed by atoms with Crippen molar-refractivity contribution >= 4 is 17.5 Å². The third-order valence-corrected chi connectivity index (χ3v) is 4.85. The molecule has 1 aliphatic rings. The lowest BCUT2D eigenvalue weighted by Crippen LogP contribution is -2.50. The zero-order chi connectivity index (χ0) is 20.3. The van der Waals surface area contributed by atoms with Crippen LogP contribution in [0.4, 0.5) is 10.1 Å². The molecule has 28 heavy (non-hydrogen) atoms. The van der Waals surface area contributed by atoms with E-state index < -0.39 is 5.82 Å². The van der Waals surface area contributed by atoms with Gasteiger partial charge >= 0.3 is 0 Å². The summed E-state index contributed by atoms with van der Waals surface area (Å²) in [7, 11) is 5.05. The van der Waals surface area contributed by atoms with Gasteiger partial charge < -0.3 is 19.4 Å². The monoisotopic (exact) mass is 385 g/mol. The fourth-order valence-electron chi connectivity index (χ4n) is 3.24. The summed E-state index contributed by atoms with van der Waals surface area (Å²) in [5.74, 6) is -0.115. The van der Waals surface area contributed by atoms with E-state index in [1.165, 1.54) is 6.07 Å². The number of hydrogen-bond donors (Lipinski definition) is 0. The summed E-state index contributed by atoms with van der Waals surface area (Å²) in [5.41, 5.74) is 1.31. The molecule has 0 saturated carbocycles. The summed E-state index contributed by atoms with van der Waals surface area (Å²) < 4.78 is 19.3. The number of ether oxygens (including phenoxy) is 1. The van der Waals surface area contributed by atoms with Crippen molar-refractivity contribution in [1.29, 1.82) is 0 Å². The highest BCUT2D eigenvalue weighted by atomic mass is 19.1. The molecule has 1 heterocycles. The Balaban J connectivity index is 1.64. The number of carbonyl (C=O) groups is 2. The van der Waals surface area contributed by atoms with Gasteiger partial charge in [0.15, 0.2) is 0 Å². The van der Waals surface area contributed by atoms with Crippen LogP contribution < -0.4 is 9.64 Å². The van der Waals surface area contributed by atoms with Crippen molar-refractivity contribution in [1.82, 2.24) is 9.80 Å². The molecule has 0 atom stereocenters. The van der Waals surface area contributed by atoms with E-state index in [9.17, 15) is 14.0 Å². The molecular formula is C21H24FN3O3. The van der Waals surface area contributed by atoms with E-state index in [0.717, 1.165) is 0 Å². The number of amides is 2. The molecular weight excluding hydrogens is 361 g/mol. The maximum atomic E-state index is 14.2. The van der Waals surface area contributed by atoms with Gasteiger partial charge in [0.25, 0.3) is 11.8 Å². The number of halogens is 1. The second-order valence-corrected chi connectivity index (χ2v) is 6.88. The lowest BCUT2D eigenvalue weighted by atomic mass is 10.1. The number of anilines is 1. The van der Waals surface area contributed by atoms with E-state index in [1.54, 1.807) is 72.3 Å². The Morgan fingerprint density at radius 3 is 2.00 bits per heavy atom. The fourth-order valence-corrected chi connectivity index (χ4v) is 3.24. The normalized spacial score (nSPS) is 14.0. The molecule has 0 N–H and O–H groups in total. The minimum absolute atomic E-state index is 0.0904. The summed E-state index contributed by atoms with van der Waals surface area (Å²) in [6, 6.07) is 11.5. The van der Waals surface area contributed by atoms with Gasteiger partial charge in [-0.3, -0.25) is 9.59 Å². The van der Waals surface area contributed by atoms with Gasteiger partial charge in [0.2, 0.25) is 0 Å². The first-order valence-electron chi connectivity index (χ1n) is 9.10.